The first-order valence-electron chi connectivity index (χ1n) is 4.47. The summed E-state index contributed by atoms with van der Waals surface area (Å²) in [6, 6.07) is 0. The molecule has 0 radical (unpaired) electrons. The molecule has 1 atom stereocenters. The standard InChI is InChI=1S/C7H8Cl2N4/c8-5-6(10-7(9)12-11-5)13-3-1-2-4-13/h1-4H2/i1D. The lowest BCUT2D eigenvalue weighted by Gasteiger charge is -2.15. The van der Waals surface area contributed by atoms with Gasteiger partial charge in [-0.1, -0.05) is 11.6 Å². The molecule has 2 rings (SSSR count). The van der Waals surface area contributed by atoms with Gasteiger partial charge in [-0.15, -0.1) is 10.2 Å². The Labute approximate surface area is 87.3 Å². The van der Waals surface area contributed by atoms with Crippen molar-refractivity contribution in [2.24, 2.45) is 0 Å². The van der Waals surface area contributed by atoms with Crippen molar-refractivity contribution < 1.29 is 1.37 Å². The predicted molar refractivity (Wildman–Crippen MR) is 51.3 cm³/mol. The average Bonchev–Trinajstić information content (AvgIpc) is 2.56. The predicted octanol–water partition coefficient (Wildman–Crippen LogP) is 1.78. The number of hydrogen-bond acceptors (Lipinski definition) is 4. The summed E-state index contributed by atoms with van der Waals surface area (Å²) in [5, 5.41) is 7.52. The van der Waals surface area contributed by atoms with Crippen LogP contribution in [0.5, 0.6) is 0 Å². The largest absolute Gasteiger partial charge is 0.354 e. The third-order valence-corrected chi connectivity index (χ3v) is 2.26. The molecule has 0 aromatic carbocycles. The highest BCUT2D eigenvalue weighted by Crippen LogP contribution is 2.24. The maximum Gasteiger partial charge on any atom is 0.245 e. The van der Waals surface area contributed by atoms with Crippen molar-refractivity contribution in [2.75, 3.05) is 18.0 Å². The zero-order valence-corrected chi connectivity index (χ0v) is 8.26. The second-order valence-electron chi connectivity index (χ2n) is 2.72. The lowest BCUT2D eigenvalue weighted by Crippen LogP contribution is -2.20. The zero-order chi connectivity index (χ0) is 10.1. The molecule has 0 saturated carbocycles. The van der Waals surface area contributed by atoms with Crippen molar-refractivity contribution >= 4 is 29.0 Å². The summed E-state index contributed by atoms with van der Waals surface area (Å²) in [5.74, 6) is 0.529. The molecule has 6 heteroatoms. The van der Waals surface area contributed by atoms with Gasteiger partial charge < -0.3 is 4.90 Å². The first-order chi connectivity index (χ1) is 6.66. The van der Waals surface area contributed by atoms with Crippen LogP contribution in [0, 0.1) is 0 Å². The van der Waals surface area contributed by atoms with E-state index in [1.165, 1.54) is 0 Å². The Morgan fingerprint density at radius 1 is 1.31 bits per heavy atom. The van der Waals surface area contributed by atoms with Gasteiger partial charge in [0.05, 0.1) is 0 Å². The van der Waals surface area contributed by atoms with E-state index in [4.69, 9.17) is 24.6 Å². The zero-order valence-electron chi connectivity index (χ0n) is 7.74. The van der Waals surface area contributed by atoms with Crippen molar-refractivity contribution in [3.8, 4) is 0 Å². The van der Waals surface area contributed by atoms with Crippen LogP contribution in [0.1, 0.15) is 14.2 Å². The summed E-state index contributed by atoms with van der Waals surface area (Å²) in [4.78, 5) is 5.89. The molecule has 2 heterocycles. The Hall–Kier alpha value is -0.610. The summed E-state index contributed by atoms with van der Waals surface area (Å²) < 4.78 is 7.55. The summed E-state index contributed by atoms with van der Waals surface area (Å²) in [7, 11) is 0. The van der Waals surface area contributed by atoms with Gasteiger partial charge >= 0.3 is 0 Å². The van der Waals surface area contributed by atoms with Crippen LogP contribution < -0.4 is 4.90 Å². The van der Waals surface area contributed by atoms with Crippen molar-refractivity contribution in [1.29, 1.82) is 0 Å². The van der Waals surface area contributed by atoms with Gasteiger partial charge in [-0.05, 0) is 24.4 Å². The molecule has 0 amide bonds. The number of aromatic nitrogens is 3. The average molecular weight is 220 g/mol. The topological polar surface area (TPSA) is 41.9 Å². The molecule has 0 aliphatic carbocycles. The molecule has 0 N–H and O–H groups in total. The van der Waals surface area contributed by atoms with Crippen molar-refractivity contribution in [2.45, 2.75) is 12.8 Å². The van der Waals surface area contributed by atoms with Gasteiger partial charge in [-0.25, -0.2) is 0 Å². The van der Waals surface area contributed by atoms with Crippen molar-refractivity contribution in [3.63, 3.8) is 0 Å². The first kappa shape index (κ1) is 7.76. The number of nitrogens with zero attached hydrogens (tertiary/aromatic N) is 4. The fourth-order valence-corrected chi connectivity index (χ4v) is 1.58. The maximum absolute atomic E-state index is 7.55. The van der Waals surface area contributed by atoms with Gasteiger partial charge in [0.2, 0.25) is 5.28 Å². The van der Waals surface area contributed by atoms with Crippen LogP contribution in [-0.4, -0.2) is 28.3 Å². The summed E-state index contributed by atoms with van der Waals surface area (Å²) in [5.41, 5.74) is 0. The summed E-state index contributed by atoms with van der Waals surface area (Å²) >= 11 is 11.4. The van der Waals surface area contributed by atoms with Gasteiger partial charge in [0.15, 0.2) is 11.0 Å². The van der Waals surface area contributed by atoms with Crippen LogP contribution >= 0.6 is 23.2 Å². The Bertz CT molecular complexity index is 348. The number of anilines is 1. The minimum absolute atomic E-state index is 0.0813. The summed E-state index contributed by atoms with van der Waals surface area (Å²) in [6.45, 7) is 1.39. The van der Waals surface area contributed by atoms with E-state index < -0.39 is 0 Å². The lowest BCUT2D eigenvalue weighted by atomic mass is 10.4. The fraction of sp³-hybridized carbons (Fsp3) is 0.571. The molecule has 1 aliphatic rings. The van der Waals surface area contributed by atoms with E-state index in [-0.39, 0.29) is 16.8 Å². The molecule has 4 nitrogen and oxygen atoms in total. The highest BCUT2D eigenvalue weighted by atomic mass is 35.5. The van der Waals surface area contributed by atoms with Crippen molar-refractivity contribution in [1.82, 2.24) is 15.2 Å². The smallest absolute Gasteiger partial charge is 0.245 e. The Morgan fingerprint density at radius 2 is 2.15 bits per heavy atom. The molecule has 1 aromatic heterocycles. The maximum atomic E-state index is 7.55. The van der Waals surface area contributed by atoms with Crippen molar-refractivity contribution in [3.05, 3.63) is 10.4 Å². The fourth-order valence-electron chi connectivity index (χ4n) is 1.26. The Kier molecular flexibility index (Phi) is 2.17. The molecular formula is C7H8Cl2N4. The van der Waals surface area contributed by atoms with E-state index in [1.54, 1.807) is 0 Å². The highest BCUT2D eigenvalue weighted by Gasteiger charge is 2.18. The Balaban J connectivity index is 2.27. The molecular weight excluding hydrogens is 211 g/mol. The first-order valence-corrected chi connectivity index (χ1v) is 4.65. The molecule has 70 valence electrons. The SMILES string of the molecule is [2H]C1CCN(c2nc(Cl)nnc2Cl)C1. The number of rotatable bonds is 1. The van der Waals surface area contributed by atoms with Crippen LogP contribution in [0.4, 0.5) is 5.82 Å². The number of hydrogen-bond donors (Lipinski definition) is 0. The van der Waals surface area contributed by atoms with Crippen LogP contribution in [0.2, 0.25) is 10.4 Å². The molecule has 1 fully saturated rings. The van der Waals surface area contributed by atoms with Crippen LogP contribution in [0.15, 0.2) is 0 Å². The lowest BCUT2D eigenvalue weighted by molar-refractivity contribution is 0.886. The van der Waals surface area contributed by atoms with E-state index in [0.717, 1.165) is 13.0 Å². The molecule has 1 saturated heterocycles. The van der Waals surface area contributed by atoms with Gasteiger partial charge in [-0.3, -0.25) is 0 Å². The van der Waals surface area contributed by atoms with Crippen LogP contribution in [0.3, 0.4) is 0 Å². The third-order valence-electron chi connectivity index (χ3n) is 1.86. The Morgan fingerprint density at radius 3 is 2.85 bits per heavy atom. The van der Waals surface area contributed by atoms with Gasteiger partial charge in [-0.2, -0.15) is 4.98 Å². The monoisotopic (exact) mass is 219 g/mol. The second kappa shape index (κ2) is 3.64. The van der Waals surface area contributed by atoms with Gasteiger partial charge in [0.1, 0.15) is 0 Å². The van der Waals surface area contributed by atoms with Gasteiger partial charge in [0.25, 0.3) is 0 Å². The van der Waals surface area contributed by atoms with E-state index in [1.807, 2.05) is 4.90 Å². The quantitative estimate of drug-likeness (QED) is 0.723. The molecule has 13 heavy (non-hydrogen) atoms. The van der Waals surface area contributed by atoms with E-state index in [0.29, 0.717) is 12.4 Å². The third kappa shape index (κ3) is 1.84. The molecule has 1 aliphatic heterocycles. The van der Waals surface area contributed by atoms with E-state index in [2.05, 4.69) is 15.2 Å². The molecule has 1 aromatic rings. The molecule has 0 spiro atoms. The van der Waals surface area contributed by atoms with E-state index in [9.17, 15) is 0 Å². The second-order valence-corrected chi connectivity index (χ2v) is 3.41. The van der Waals surface area contributed by atoms with Crippen LogP contribution in [0.25, 0.3) is 0 Å². The number of halogens is 2. The summed E-state index contributed by atoms with van der Waals surface area (Å²) in [6.07, 6.45) is 0.734. The molecule has 1 unspecified atom stereocenters. The minimum Gasteiger partial charge on any atom is -0.354 e. The van der Waals surface area contributed by atoms with Crippen LogP contribution in [-0.2, 0) is 0 Å². The van der Waals surface area contributed by atoms with E-state index >= 15 is 0 Å². The highest BCUT2D eigenvalue weighted by molar-refractivity contribution is 6.32. The molecule has 0 bridgehead atoms. The minimum atomic E-state index is -0.0835. The van der Waals surface area contributed by atoms with Gasteiger partial charge in [0, 0.05) is 14.5 Å². The normalized spacial score (nSPS) is 23.4.